The molecule has 5 heteroatoms. The molecule has 1 aromatic carbocycles. The van der Waals surface area contributed by atoms with Crippen LogP contribution in [0.1, 0.15) is 44.1 Å². The fourth-order valence-electron chi connectivity index (χ4n) is 3.80. The second-order valence-electron chi connectivity index (χ2n) is 7.08. The molecule has 0 atom stereocenters. The first-order valence-corrected chi connectivity index (χ1v) is 9.17. The van der Waals surface area contributed by atoms with Crippen molar-refractivity contribution in [1.82, 2.24) is 10.2 Å². The summed E-state index contributed by atoms with van der Waals surface area (Å²) in [6.45, 7) is 2.59. The molecule has 1 aliphatic heterocycles. The number of hydrogen-bond acceptors (Lipinski definition) is 4. The van der Waals surface area contributed by atoms with Crippen molar-refractivity contribution in [3.63, 3.8) is 0 Å². The van der Waals surface area contributed by atoms with Gasteiger partial charge in [-0.3, -0.25) is 0 Å². The average Bonchev–Trinajstić information content (AvgIpc) is 2.62. The van der Waals surface area contributed by atoms with Crippen molar-refractivity contribution in [3.05, 3.63) is 35.9 Å². The van der Waals surface area contributed by atoms with Gasteiger partial charge in [0.2, 0.25) is 0 Å². The van der Waals surface area contributed by atoms with Gasteiger partial charge >= 0.3 is 6.09 Å². The molecule has 3 N–H and O–H groups in total. The predicted molar refractivity (Wildman–Crippen MR) is 94.6 cm³/mol. The zero-order chi connectivity index (χ0) is 16.8. The van der Waals surface area contributed by atoms with Crippen LogP contribution >= 0.6 is 0 Å². The second-order valence-corrected chi connectivity index (χ2v) is 7.08. The number of ether oxygens (including phenoxy) is 1. The molecule has 1 aromatic rings. The molecule has 0 spiro atoms. The van der Waals surface area contributed by atoms with Gasteiger partial charge in [-0.15, -0.1) is 0 Å². The summed E-state index contributed by atoms with van der Waals surface area (Å²) in [5.74, 6) is 0. The molecule has 2 aliphatic rings. The number of carbonyl (C=O) groups is 1. The van der Waals surface area contributed by atoms with Crippen molar-refractivity contribution in [2.75, 3.05) is 13.1 Å². The number of nitrogens with one attached hydrogen (secondary N) is 1. The van der Waals surface area contributed by atoms with E-state index in [2.05, 4.69) is 10.2 Å². The van der Waals surface area contributed by atoms with Gasteiger partial charge in [0.15, 0.2) is 0 Å². The summed E-state index contributed by atoms with van der Waals surface area (Å²) in [6, 6.07) is 11.1. The van der Waals surface area contributed by atoms with Crippen LogP contribution in [0, 0.1) is 0 Å². The molecule has 24 heavy (non-hydrogen) atoms. The molecule has 1 aliphatic carbocycles. The van der Waals surface area contributed by atoms with Crippen LogP contribution in [0.2, 0.25) is 0 Å². The highest BCUT2D eigenvalue weighted by atomic mass is 16.5. The predicted octanol–water partition coefficient (Wildman–Crippen LogP) is 2.65. The quantitative estimate of drug-likeness (QED) is 0.890. The van der Waals surface area contributed by atoms with Crippen molar-refractivity contribution in [3.8, 4) is 0 Å². The van der Waals surface area contributed by atoms with Crippen molar-refractivity contribution in [2.45, 2.75) is 63.3 Å². The monoisotopic (exact) mass is 331 g/mol. The topological polar surface area (TPSA) is 67.6 Å². The van der Waals surface area contributed by atoms with Crippen LogP contribution in [0.15, 0.2) is 30.3 Å². The Morgan fingerprint density at radius 3 is 2.42 bits per heavy atom. The summed E-state index contributed by atoms with van der Waals surface area (Å²) in [4.78, 5) is 14.5. The molecule has 3 rings (SSSR count). The maximum absolute atomic E-state index is 11.9. The van der Waals surface area contributed by atoms with Crippen LogP contribution in [0.5, 0.6) is 0 Å². The molecular weight excluding hydrogens is 302 g/mol. The third-order valence-electron chi connectivity index (χ3n) is 5.32. The number of rotatable bonds is 4. The summed E-state index contributed by atoms with van der Waals surface area (Å²) < 4.78 is 5.31. The molecule has 0 unspecified atom stereocenters. The van der Waals surface area contributed by atoms with E-state index < -0.39 is 0 Å². The van der Waals surface area contributed by atoms with Gasteiger partial charge in [0.05, 0.1) is 0 Å². The van der Waals surface area contributed by atoms with E-state index in [0.29, 0.717) is 18.7 Å². The summed E-state index contributed by atoms with van der Waals surface area (Å²) in [5, 5.41) is 3.02. The number of alkyl carbamates (subject to hydrolysis) is 1. The van der Waals surface area contributed by atoms with E-state index in [0.717, 1.165) is 57.2 Å². The first kappa shape index (κ1) is 17.2. The Hall–Kier alpha value is -1.59. The van der Waals surface area contributed by atoms with Gasteiger partial charge in [-0.05, 0) is 57.2 Å². The largest absolute Gasteiger partial charge is 0.445 e. The van der Waals surface area contributed by atoms with Crippen molar-refractivity contribution >= 4 is 6.09 Å². The second kappa shape index (κ2) is 8.49. The molecule has 2 fully saturated rings. The summed E-state index contributed by atoms with van der Waals surface area (Å²) in [6.07, 6.45) is 6.30. The summed E-state index contributed by atoms with van der Waals surface area (Å²) in [5.41, 5.74) is 7.00. The Morgan fingerprint density at radius 1 is 1.08 bits per heavy atom. The smallest absolute Gasteiger partial charge is 0.407 e. The number of amides is 1. The lowest BCUT2D eigenvalue weighted by Crippen LogP contribution is -2.48. The van der Waals surface area contributed by atoms with Crippen LogP contribution in [-0.2, 0) is 11.3 Å². The van der Waals surface area contributed by atoms with E-state index in [1.807, 2.05) is 30.3 Å². The number of benzene rings is 1. The first-order valence-electron chi connectivity index (χ1n) is 9.17. The van der Waals surface area contributed by atoms with Gasteiger partial charge < -0.3 is 20.7 Å². The van der Waals surface area contributed by atoms with Gasteiger partial charge in [0, 0.05) is 18.1 Å². The molecule has 0 bridgehead atoms. The molecule has 1 heterocycles. The van der Waals surface area contributed by atoms with Crippen molar-refractivity contribution < 1.29 is 9.53 Å². The Morgan fingerprint density at radius 2 is 1.75 bits per heavy atom. The number of nitrogens with two attached hydrogens (primary N) is 1. The molecule has 1 amide bonds. The Kier molecular flexibility index (Phi) is 6.10. The third-order valence-corrected chi connectivity index (χ3v) is 5.32. The minimum atomic E-state index is -0.300. The standard InChI is InChI=1S/C19H29N3O2/c20-16-10-12-22(13-11-16)18-8-6-17(7-9-18)21-19(23)24-14-15-4-2-1-3-5-15/h1-5,16-18H,6-14,20H2,(H,21,23). The van der Waals surface area contributed by atoms with Gasteiger partial charge in [0.1, 0.15) is 6.61 Å². The van der Waals surface area contributed by atoms with E-state index in [9.17, 15) is 4.79 Å². The van der Waals surface area contributed by atoms with Crippen molar-refractivity contribution in [2.24, 2.45) is 5.73 Å². The van der Waals surface area contributed by atoms with Crippen LogP contribution in [-0.4, -0.2) is 42.2 Å². The maximum atomic E-state index is 11.9. The maximum Gasteiger partial charge on any atom is 0.407 e. The number of hydrogen-bond donors (Lipinski definition) is 2. The molecule has 132 valence electrons. The summed E-state index contributed by atoms with van der Waals surface area (Å²) >= 11 is 0. The van der Waals surface area contributed by atoms with E-state index in [1.165, 1.54) is 0 Å². The molecular formula is C19H29N3O2. The van der Waals surface area contributed by atoms with Gasteiger partial charge in [-0.1, -0.05) is 30.3 Å². The Balaban J connectivity index is 1.35. The SMILES string of the molecule is NC1CCN(C2CCC(NC(=O)OCc3ccccc3)CC2)CC1. The minimum absolute atomic E-state index is 0.247. The van der Waals surface area contributed by atoms with E-state index >= 15 is 0 Å². The highest BCUT2D eigenvalue weighted by molar-refractivity contribution is 5.67. The van der Waals surface area contributed by atoms with Gasteiger partial charge in [0.25, 0.3) is 0 Å². The molecule has 0 radical (unpaired) electrons. The van der Waals surface area contributed by atoms with Crippen LogP contribution < -0.4 is 11.1 Å². The fourth-order valence-corrected chi connectivity index (χ4v) is 3.80. The van der Waals surface area contributed by atoms with E-state index in [4.69, 9.17) is 10.5 Å². The number of likely N-dealkylation sites (tertiary alicyclic amines) is 1. The zero-order valence-corrected chi connectivity index (χ0v) is 14.3. The fraction of sp³-hybridized carbons (Fsp3) is 0.632. The first-order chi connectivity index (χ1) is 11.7. The Labute approximate surface area is 144 Å². The Bertz CT molecular complexity index is 507. The number of carbonyl (C=O) groups excluding carboxylic acids is 1. The zero-order valence-electron chi connectivity index (χ0n) is 14.3. The highest BCUT2D eigenvalue weighted by Gasteiger charge is 2.28. The highest BCUT2D eigenvalue weighted by Crippen LogP contribution is 2.25. The number of piperidine rings is 1. The lowest BCUT2D eigenvalue weighted by atomic mass is 9.89. The average molecular weight is 331 g/mol. The normalized spacial score (nSPS) is 26.0. The van der Waals surface area contributed by atoms with Gasteiger partial charge in [-0.25, -0.2) is 4.79 Å². The van der Waals surface area contributed by atoms with E-state index in [1.54, 1.807) is 0 Å². The van der Waals surface area contributed by atoms with Crippen LogP contribution in [0.25, 0.3) is 0 Å². The summed E-state index contributed by atoms with van der Waals surface area (Å²) in [7, 11) is 0. The van der Waals surface area contributed by atoms with E-state index in [-0.39, 0.29) is 12.1 Å². The molecule has 5 nitrogen and oxygen atoms in total. The van der Waals surface area contributed by atoms with Crippen LogP contribution in [0.3, 0.4) is 0 Å². The lowest BCUT2D eigenvalue weighted by Gasteiger charge is -2.40. The lowest BCUT2D eigenvalue weighted by molar-refractivity contribution is 0.105. The number of nitrogens with zero attached hydrogens (tertiary/aromatic N) is 1. The molecule has 1 saturated heterocycles. The van der Waals surface area contributed by atoms with Gasteiger partial charge in [-0.2, -0.15) is 0 Å². The molecule has 0 aromatic heterocycles. The minimum Gasteiger partial charge on any atom is -0.445 e. The van der Waals surface area contributed by atoms with Crippen LogP contribution in [0.4, 0.5) is 4.79 Å². The van der Waals surface area contributed by atoms with Crippen molar-refractivity contribution in [1.29, 1.82) is 0 Å². The third kappa shape index (κ3) is 4.95. The molecule has 1 saturated carbocycles.